The van der Waals surface area contributed by atoms with Crippen LogP contribution in [-0.4, -0.2) is 11.7 Å². The molecule has 5 heteroatoms. The van der Waals surface area contributed by atoms with E-state index in [-0.39, 0.29) is 12.3 Å². The van der Waals surface area contributed by atoms with Crippen LogP contribution in [0, 0.1) is 13.8 Å². The van der Waals surface area contributed by atoms with Crippen LogP contribution in [0.5, 0.6) is 0 Å². The Balaban J connectivity index is 2.50. The second-order valence-corrected chi connectivity index (χ2v) is 3.63. The third-order valence-electron chi connectivity index (χ3n) is 2.29. The molecular formula is C8H10FN3S. The SMILES string of the molecule is Cc1cnc2c(c1C)NCN2SF. The summed E-state index contributed by atoms with van der Waals surface area (Å²) in [6, 6.07) is 0. The third-order valence-corrected chi connectivity index (χ3v) is 2.76. The van der Waals surface area contributed by atoms with E-state index in [1.54, 1.807) is 6.20 Å². The number of anilines is 2. The molecular weight excluding hydrogens is 189 g/mol. The lowest BCUT2D eigenvalue weighted by Crippen LogP contribution is -2.12. The molecule has 1 aliphatic rings. The molecule has 70 valence electrons. The maximum absolute atomic E-state index is 12.4. The van der Waals surface area contributed by atoms with Gasteiger partial charge in [0.1, 0.15) is 6.67 Å². The second-order valence-electron chi connectivity index (χ2n) is 3.05. The Morgan fingerprint density at radius 2 is 2.38 bits per heavy atom. The molecule has 1 aliphatic heterocycles. The molecule has 0 unspecified atom stereocenters. The molecule has 0 aliphatic carbocycles. The highest BCUT2D eigenvalue weighted by Gasteiger charge is 2.23. The van der Waals surface area contributed by atoms with Crippen LogP contribution < -0.4 is 9.62 Å². The van der Waals surface area contributed by atoms with Crippen molar-refractivity contribution in [1.82, 2.24) is 4.98 Å². The van der Waals surface area contributed by atoms with Gasteiger partial charge in [0.15, 0.2) is 18.2 Å². The first-order valence-corrected chi connectivity index (χ1v) is 4.67. The number of rotatable bonds is 1. The van der Waals surface area contributed by atoms with Gasteiger partial charge in [0.25, 0.3) is 0 Å². The molecule has 0 amide bonds. The molecule has 2 heterocycles. The van der Waals surface area contributed by atoms with E-state index in [4.69, 9.17) is 0 Å². The van der Waals surface area contributed by atoms with Gasteiger partial charge in [-0.05, 0) is 25.0 Å². The summed E-state index contributed by atoms with van der Waals surface area (Å²) in [5.74, 6) is 0.690. The maximum Gasteiger partial charge on any atom is 0.168 e. The smallest absolute Gasteiger partial charge is 0.168 e. The number of hydrogen-bond acceptors (Lipinski definition) is 4. The number of nitrogens with zero attached hydrogens (tertiary/aromatic N) is 2. The Kier molecular flexibility index (Phi) is 2.03. The third kappa shape index (κ3) is 1.23. The van der Waals surface area contributed by atoms with Crippen LogP contribution in [0.1, 0.15) is 11.1 Å². The van der Waals surface area contributed by atoms with Gasteiger partial charge < -0.3 is 5.32 Å². The van der Waals surface area contributed by atoms with Gasteiger partial charge in [-0.3, -0.25) is 4.31 Å². The number of halogens is 1. The van der Waals surface area contributed by atoms with Gasteiger partial charge in [0.2, 0.25) is 0 Å². The van der Waals surface area contributed by atoms with Crippen LogP contribution in [0.3, 0.4) is 0 Å². The van der Waals surface area contributed by atoms with Crippen molar-refractivity contribution < 1.29 is 3.89 Å². The number of nitrogens with one attached hydrogen (secondary N) is 1. The number of pyridine rings is 1. The molecule has 0 fully saturated rings. The highest BCUT2D eigenvalue weighted by atomic mass is 32.2. The zero-order valence-electron chi connectivity index (χ0n) is 7.47. The summed E-state index contributed by atoms with van der Waals surface area (Å²) in [4.78, 5) is 4.17. The molecule has 1 aromatic heterocycles. The van der Waals surface area contributed by atoms with Crippen LogP contribution in [0.15, 0.2) is 6.20 Å². The normalized spacial score (nSPS) is 14.2. The summed E-state index contributed by atoms with van der Waals surface area (Å²) in [7, 11) is 0. The summed E-state index contributed by atoms with van der Waals surface area (Å²) in [5, 5.41) is 3.11. The number of fused-ring (bicyclic) bond motifs is 1. The molecule has 1 aromatic rings. The van der Waals surface area contributed by atoms with E-state index in [0.717, 1.165) is 16.8 Å². The van der Waals surface area contributed by atoms with Crippen LogP contribution >= 0.6 is 12.3 Å². The van der Waals surface area contributed by atoms with Gasteiger partial charge in [0.05, 0.1) is 5.69 Å². The van der Waals surface area contributed by atoms with Crippen molar-refractivity contribution in [1.29, 1.82) is 0 Å². The molecule has 2 rings (SSSR count). The monoisotopic (exact) mass is 199 g/mol. The molecule has 1 N–H and O–H groups in total. The van der Waals surface area contributed by atoms with Crippen LogP contribution in [0.4, 0.5) is 15.4 Å². The number of aryl methyl sites for hydroxylation is 1. The van der Waals surface area contributed by atoms with E-state index in [1.165, 1.54) is 4.31 Å². The first-order chi connectivity index (χ1) is 6.24. The minimum absolute atomic E-state index is 0.198. The minimum atomic E-state index is 0.198. The minimum Gasteiger partial charge on any atom is -0.364 e. The lowest BCUT2D eigenvalue weighted by atomic mass is 10.1. The van der Waals surface area contributed by atoms with Gasteiger partial charge in [-0.1, -0.05) is 0 Å². The number of hydrogen-bond donors (Lipinski definition) is 1. The molecule has 0 aromatic carbocycles. The molecule has 0 bridgehead atoms. The Bertz CT molecular complexity index is 342. The fourth-order valence-electron chi connectivity index (χ4n) is 1.37. The van der Waals surface area contributed by atoms with Gasteiger partial charge in [-0.15, -0.1) is 3.89 Å². The van der Waals surface area contributed by atoms with Crippen molar-refractivity contribution >= 4 is 23.8 Å². The molecule has 0 saturated heterocycles. The van der Waals surface area contributed by atoms with E-state index in [9.17, 15) is 3.89 Å². The molecule has 3 nitrogen and oxygen atoms in total. The van der Waals surface area contributed by atoms with Crippen molar-refractivity contribution in [3.05, 3.63) is 17.3 Å². The maximum atomic E-state index is 12.4. The zero-order valence-corrected chi connectivity index (χ0v) is 8.28. The van der Waals surface area contributed by atoms with Crippen LogP contribution in [-0.2, 0) is 0 Å². The molecule has 0 radical (unpaired) electrons. The zero-order chi connectivity index (χ0) is 9.42. The predicted octanol–water partition coefficient (Wildman–Crippen LogP) is 2.42. The van der Waals surface area contributed by atoms with Gasteiger partial charge in [-0.2, -0.15) is 0 Å². The standard InChI is InChI=1S/C8H10FN3S/c1-5-3-10-8-7(6(5)2)11-4-12(8)13-9/h3,11H,4H2,1-2H3. The van der Waals surface area contributed by atoms with E-state index in [2.05, 4.69) is 10.3 Å². The summed E-state index contributed by atoms with van der Waals surface area (Å²) < 4.78 is 13.9. The van der Waals surface area contributed by atoms with E-state index in [1.807, 2.05) is 13.8 Å². The first-order valence-electron chi connectivity index (χ1n) is 4.00. The van der Waals surface area contributed by atoms with Gasteiger partial charge >= 0.3 is 0 Å². The second kappa shape index (κ2) is 3.06. The number of aromatic nitrogens is 1. The van der Waals surface area contributed by atoms with E-state index in [0.29, 0.717) is 12.5 Å². The fourth-order valence-corrected chi connectivity index (χ4v) is 1.68. The lowest BCUT2D eigenvalue weighted by molar-refractivity contribution is 0.921. The largest absolute Gasteiger partial charge is 0.364 e. The van der Waals surface area contributed by atoms with Crippen molar-refractivity contribution in [3.63, 3.8) is 0 Å². The molecule has 0 spiro atoms. The quantitative estimate of drug-likeness (QED) is 0.703. The van der Waals surface area contributed by atoms with Crippen molar-refractivity contribution in [2.24, 2.45) is 0 Å². The topological polar surface area (TPSA) is 28.2 Å². The molecule has 13 heavy (non-hydrogen) atoms. The highest BCUT2D eigenvalue weighted by Crippen LogP contribution is 2.36. The van der Waals surface area contributed by atoms with Gasteiger partial charge in [-0.25, -0.2) is 4.98 Å². The first kappa shape index (κ1) is 8.62. The average molecular weight is 199 g/mol. The molecule has 0 atom stereocenters. The van der Waals surface area contributed by atoms with Crippen LogP contribution in [0.25, 0.3) is 0 Å². The van der Waals surface area contributed by atoms with Crippen molar-refractivity contribution in [3.8, 4) is 0 Å². The summed E-state index contributed by atoms with van der Waals surface area (Å²) in [6.07, 6.45) is 1.77. The Morgan fingerprint density at radius 3 is 3.08 bits per heavy atom. The summed E-state index contributed by atoms with van der Waals surface area (Å²) in [5.41, 5.74) is 3.21. The highest BCUT2D eigenvalue weighted by molar-refractivity contribution is 7.95. The van der Waals surface area contributed by atoms with Crippen LogP contribution in [0.2, 0.25) is 0 Å². The van der Waals surface area contributed by atoms with E-state index >= 15 is 0 Å². The predicted molar refractivity (Wildman–Crippen MR) is 53.4 cm³/mol. The average Bonchev–Trinajstić information content (AvgIpc) is 2.55. The Hall–Kier alpha value is -0.970. The lowest BCUT2D eigenvalue weighted by Gasteiger charge is -2.09. The van der Waals surface area contributed by atoms with Crippen molar-refractivity contribution in [2.75, 3.05) is 16.3 Å². The Morgan fingerprint density at radius 1 is 1.62 bits per heavy atom. The van der Waals surface area contributed by atoms with Crippen molar-refractivity contribution in [2.45, 2.75) is 13.8 Å². The summed E-state index contributed by atoms with van der Waals surface area (Å²) >= 11 is 0.198. The Labute approximate surface area is 80.8 Å². The fraction of sp³-hybridized carbons (Fsp3) is 0.375. The van der Waals surface area contributed by atoms with E-state index < -0.39 is 0 Å². The summed E-state index contributed by atoms with van der Waals surface area (Å²) in [6.45, 7) is 4.48. The van der Waals surface area contributed by atoms with Gasteiger partial charge in [0, 0.05) is 6.20 Å². The molecule has 0 saturated carbocycles.